The van der Waals surface area contributed by atoms with E-state index < -0.39 is 0 Å². The van der Waals surface area contributed by atoms with Crippen LogP contribution >= 0.6 is 0 Å². The van der Waals surface area contributed by atoms with E-state index in [9.17, 15) is 0 Å². The van der Waals surface area contributed by atoms with Crippen LogP contribution in [0.3, 0.4) is 0 Å². The lowest BCUT2D eigenvalue weighted by atomic mass is 10.1. The lowest BCUT2D eigenvalue weighted by molar-refractivity contribution is -0.705. The van der Waals surface area contributed by atoms with Gasteiger partial charge in [0.05, 0.1) is 12.0 Å². The third-order valence-corrected chi connectivity index (χ3v) is 4.41. The summed E-state index contributed by atoms with van der Waals surface area (Å²) < 4.78 is 7.31. The predicted molar refractivity (Wildman–Crippen MR) is 96.5 cm³/mol. The topological polar surface area (TPSA) is 73.3 Å². The number of hydrogen-bond acceptors (Lipinski definition) is 4. The maximum atomic E-state index is 5.48. The Bertz CT molecular complexity index is 963. The summed E-state index contributed by atoms with van der Waals surface area (Å²) in [7, 11) is 0. The van der Waals surface area contributed by atoms with Crippen LogP contribution in [0.4, 0.5) is 0 Å². The summed E-state index contributed by atoms with van der Waals surface area (Å²) in [4.78, 5) is 0. The van der Waals surface area contributed by atoms with E-state index in [-0.39, 0.29) is 6.04 Å². The molecule has 0 bridgehead atoms. The van der Waals surface area contributed by atoms with Crippen LogP contribution in [0.5, 0.6) is 0 Å². The second-order valence-corrected chi connectivity index (χ2v) is 6.14. The van der Waals surface area contributed by atoms with Crippen LogP contribution in [0.15, 0.2) is 77.4 Å². The van der Waals surface area contributed by atoms with Crippen molar-refractivity contribution < 1.29 is 9.73 Å². The van der Waals surface area contributed by atoms with Gasteiger partial charge in [-0.2, -0.15) is 4.68 Å². The number of nitrogens with zero attached hydrogens (tertiary/aromatic N) is 4. The van der Waals surface area contributed by atoms with E-state index >= 15 is 0 Å². The SMILES string of the molecule is Cc1ccccc1-n1nnnc1[C@H]([NH2+]Cc1ccco1)c1ccccc1. The van der Waals surface area contributed by atoms with Gasteiger partial charge in [-0.05, 0) is 41.1 Å². The van der Waals surface area contributed by atoms with Crippen LogP contribution in [0.25, 0.3) is 5.69 Å². The van der Waals surface area contributed by atoms with E-state index in [2.05, 4.69) is 46.0 Å². The molecule has 0 saturated heterocycles. The number of quaternary nitrogens is 1. The second-order valence-electron chi connectivity index (χ2n) is 6.14. The average molecular weight is 346 g/mol. The van der Waals surface area contributed by atoms with Gasteiger partial charge in [0.2, 0.25) is 5.82 Å². The summed E-state index contributed by atoms with van der Waals surface area (Å²) in [6, 6.07) is 22.2. The van der Waals surface area contributed by atoms with Crippen molar-refractivity contribution in [1.29, 1.82) is 0 Å². The van der Waals surface area contributed by atoms with Crippen molar-refractivity contribution in [3.63, 3.8) is 0 Å². The molecule has 130 valence electrons. The normalized spacial score (nSPS) is 12.2. The molecule has 2 heterocycles. The van der Waals surface area contributed by atoms with Gasteiger partial charge in [0.1, 0.15) is 6.54 Å². The Morgan fingerprint density at radius 1 is 1.00 bits per heavy atom. The van der Waals surface area contributed by atoms with Crippen molar-refractivity contribution in [2.75, 3.05) is 0 Å². The van der Waals surface area contributed by atoms with Crippen molar-refractivity contribution in [2.45, 2.75) is 19.5 Å². The Morgan fingerprint density at radius 3 is 2.58 bits per heavy atom. The van der Waals surface area contributed by atoms with Crippen LogP contribution in [0, 0.1) is 6.92 Å². The Labute approximate surface area is 151 Å². The van der Waals surface area contributed by atoms with Crippen LogP contribution < -0.4 is 5.32 Å². The highest BCUT2D eigenvalue weighted by molar-refractivity contribution is 5.40. The Balaban J connectivity index is 1.73. The number of hydrogen-bond donors (Lipinski definition) is 1. The number of tetrazole rings is 1. The van der Waals surface area contributed by atoms with Crippen molar-refractivity contribution in [3.8, 4) is 5.69 Å². The molecular formula is C20H20N5O+. The Kier molecular flexibility index (Phi) is 4.57. The first kappa shape index (κ1) is 16.2. The molecule has 2 aromatic heterocycles. The molecule has 26 heavy (non-hydrogen) atoms. The van der Waals surface area contributed by atoms with E-state index in [1.54, 1.807) is 6.26 Å². The first-order chi connectivity index (χ1) is 12.8. The molecule has 2 N–H and O–H groups in total. The second kappa shape index (κ2) is 7.33. The molecule has 0 amide bonds. The fourth-order valence-electron chi connectivity index (χ4n) is 3.07. The summed E-state index contributed by atoms with van der Waals surface area (Å²) >= 11 is 0. The molecule has 0 unspecified atom stereocenters. The summed E-state index contributed by atoms with van der Waals surface area (Å²) in [6.45, 7) is 2.76. The average Bonchev–Trinajstić information content (AvgIpc) is 3.36. The van der Waals surface area contributed by atoms with Gasteiger partial charge in [-0.25, -0.2) is 0 Å². The van der Waals surface area contributed by atoms with Gasteiger partial charge < -0.3 is 9.73 Å². The van der Waals surface area contributed by atoms with E-state index in [1.165, 1.54) is 0 Å². The molecule has 4 rings (SSSR count). The monoisotopic (exact) mass is 346 g/mol. The van der Waals surface area contributed by atoms with Gasteiger partial charge in [0.25, 0.3) is 0 Å². The van der Waals surface area contributed by atoms with Crippen molar-refractivity contribution in [2.24, 2.45) is 0 Å². The predicted octanol–water partition coefficient (Wildman–Crippen LogP) is 2.42. The molecule has 0 spiro atoms. The fraction of sp³-hybridized carbons (Fsp3) is 0.150. The number of aryl methyl sites for hydroxylation is 1. The molecule has 0 aliphatic rings. The zero-order valence-corrected chi connectivity index (χ0v) is 14.5. The molecule has 0 saturated carbocycles. The van der Waals surface area contributed by atoms with Gasteiger partial charge in [0, 0.05) is 5.56 Å². The maximum absolute atomic E-state index is 5.48. The molecule has 0 fully saturated rings. The molecule has 6 nitrogen and oxygen atoms in total. The molecule has 0 radical (unpaired) electrons. The minimum atomic E-state index is -0.0455. The lowest BCUT2D eigenvalue weighted by Gasteiger charge is -2.16. The minimum Gasteiger partial charge on any atom is -0.463 e. The van der Waals surface area contributed by atoms with Crippen molar-refractivity contribution in [1.82, 2.24) is 20.2 Å². The number of benzene rings is 2. The van der Waals surface area contributed by atoms with Crippen molar-refractivity contribution in [3.05, 3.63) is 95.7 Å². The van der Waals surface area contributed by atoms with Gasteiger partial charge in [-0.15, -0.1) is 5.10 Å². The quantitative estimate of drug-likeness (QED) is 0.582. The molecule has 2 aromatic carbocycles. The van der Waals surface area contributed by atoms with Gasteiger partial charge >= 0.3 is 0 Å². The highest BCUT2D eigenvalue weighted by Gasteiger charge is 2.26. The summed E-state index contributed by atoms with van der Waals surface area (Å²) in [5, 5.41) is 14.7. The highest BCUT2D eigenvalue weighted by Crippen LogP contribution is 2.20. The van der Waals surface area contributed by atoms with Crippen molar-refractivity contribution >= 4 is 0 Å². The van der Waals surface area contributed by atoms with Gasteiger partial charge in [-0.3, -0.25) is 0 Å². The van der Waals surface area contributed by atoms with Gasteiger partial charge in [-0.1, -0.05) is 48.5 Å². The molecule has 0 aliphatic carbocycles. The van der Waals surface area contributed by atoms with Crippen LogP contribution in [0.1, 0.15) is 28.8 Å². The molecule has 6 heteroatoms. The third-order valence-electron chi connectivity index (χ3n) is 4.41. The number of para-hydroxylation sites is 1. The molecular weight excluding hydrogens is 326 g/mol. The number of aromatic nitrogens is 4. The summed E-state index contributed by atoms with van der Waals surface area (Å²) in [6.07, 6.45) is 1.69. The fourth-order valence-corrected chi connectivity index (χ4v) is 3.07. The van der Waals surface area contributed by atoms with Crippen LogP contribution in [0.2, 0.25) is 0 Å². The standard InChI is InChI=1S/C20H19N5O/c1-15-8-5-6-12-18(15)25-20(22-23-24-25)19(16-9-3-2-4-10-16)21-14-17-11-7-13-26-17/h2-13,19,21H,14H2,1H3/p+1/t19-/m1/s1. The summed E-state index contributed by atoms with van der Waals surface area (Å²) in [5.74, 6) is 1.71. The number of rotatable bonds is 6. The molecule has 1 atom stereocenters. The highest BCUT2D eigenvalue weighted by atomic mass is 16.3. The zero-order valence-electron chi connectivity index (χ0n) is 14.5. The summed E-state index contributed by atoms with van der Waals surface area (Å²) in [5.41, 5.74) is 3.25. The third kappa shape index (κ3) is 3.27. The number of furan rings is 1. The molecule has 0 aliphatic heterocycles. The van der Waals surface area contributed by atoms with Crippen LogP contribution in [-0.4, -0.2) is 20.2 Å². The lowest BCUT2D eigenvalue weighted by Crippen LogP contribution is -2.84. The minimum absolute atomic E-state index is 0.0455. The first-order valence-electron chi connectivity index (χ1n) is 8.58. The van der Waals surface area contributed by atoms with E-state index in [0.29, 0.717) is 6.54 Å². The number of nitrogens with two attached hydrogens (primary N) is 1. The van der Waals surface area contributed by atoms with Crippen LogP contribution in [-0.2, 0) is 6.54 Å². The van der Waals surface area contributed by atoms with E-state index in [4.69, 9.17) is 4.42 Å². The Hall–Kier alpha value is -3.25. The smallest absolute Gasteiger partial charge is 0.218 e. The zero-order chi connectivity index (χ0) is 17.8. The maximum Gasteiger partial charge on any atom is 0.218 e. The Morgan fingerprint density at radius 2 is 1.81 bits per heavy atom. The van der Waals surface area contributed by atoms with E-state index in [0.717, 1.165) is 28.4 Å². The molecule has 4 aromatic rings. The first-order valence-corrected chi connectivity index (χ1v) is 8.58. The van der Waals surface area contributed by atoms with Gasteiger partial charge in [0.15, 0.2) is 11.8 Å². The largest absolute Gasteiger partial charge is 0.463 e. The van der Waals surface area contributed by atoms with E-state index in [1.807, 2.05) is 53.2 Å².